The van der Waals surface area contributed by atoms with Gasteiger partial charge in [-0.15, -0.1) is 0 Å². The molecule has 0 saturated carbocycles. The van der Waals surface area contributed by atoms with E-state index in [2.05, 4.69) is 51.4 Å². The van der Waals surface area contributed by atoms with E-state index in [0.717, 1.165) is 34.4 Å². The van der Waals surface area contributed by atoms with Crippen molar-refractivity contribution in [3.63, 3.8) is 0 Å². The molecule has 0 heterocycles. The van der Waals surface area contributed by atoms with Crippen LogP contribution in [0, 0.1) is 6.92 Å². The van der Waals surface area contributed by atoms with Crippen LogP contribution in [0.3, 0.4) is 0 Å². The molecule has 0 saturated heterocycles. The number of aryl methyl sites for hydroxylation is 1. The first-order valence-electron chi connectivity index (χ1n) is 8.19. The molecule has 0 aromatic heterocycles. The van der Waals surface area contributed by atoms with Crippen LogP contribution in [-0.4, -0.2) is 19.1 Å². The van der Waals surface area contributed by atoms with Crippen LogP contribution in [0.5, 0.6) is 0 Å². The van der Waals surface area contributed by atoms with Crippen LogP contribution < -0.4 is 27.9 Å². The molecule has 0 radical (unpaired) electrons. The number of amides is 2. The van der Waals surface area contributed by atoms with Gasteiger partial charge < -0.3 is 27.9 Å². The van der Waals surface area contributed by atoms with Gasteiger partial charge in [0, 0.05) is 35.5 Å². The fourth-order valence-corrected chi connectivity index (χ4v) is 2.98. The standard InChI is InChI=1S/C19H24BrN3O.ClH/c1-4-23(5-2)16-10-11-18(14(3)12-16)22-19(24)21-13-15-8-6-7-9-17(15)20;/h6-12H,4-5,13H2,1-3H3,(H2,21,22,24);1H/p-1. The maximum Gasteiger partial charge on any atom is 0.319 e. The number of hydrogen-bond donors (Lipinski definition) is 2. The molecule has 6 heteroatoms. The Bertz CT molecular complexity index is 705. The average Bonchev–Trinajstić information content (AvgIpc) is 2.57. The molecule has 0 fully saturated rings. The van der Waals surface area contributed by atoms with Crippen molar-refractivity contribution in [2.45, 2.75) is 27.3 Å². The van der Waals surface area contributed by atoms with E-state index >= 15 is 0 Å². The molecule has 2 rings (SSSR count). The zero-order valence-electron chi connectivity index (χ0n) is 14.8. The van der Waals surface area contributed by atoms with Gasteiger partial charge in [0.1, 0.15) is 0 Å². The van der Waals surface area contributed by atoms with Crippen LogP contribution in [0.2, 0.25) is 0 Å². The Morgan fingerprint density at radius 2 is 1.80 bits per heavy atom. The highest BCUT2D eigenvalue weighted by Gasteiger charge is 2.08. The van der Waals surface area contributed by atoms with Gasteiger partial charge in [0.2, 0.25) is 0 Å². The van der Waals surface area contributed by atoms with E-state index in [1.54, 1.807) is 0 Å². The molecule has 0 unspecified atom stereocenters. The minimum atomic E-state index is -0.204. The summed E-state index contributed by atoms with van der Waals surface area (Å²) >= 11 is 3.48. The fraction of sp³-hybridized carbons (Fsp3) is 0.316. The van der Waals surface area contributed by atoms with Crippen LogP contribution in [0.1, 0.15) is 25.0 Å². The summed E-state index contributed by atoms with van der Waals surface area (Å²) < 4.78 is 0.991. The van der Waals surface area contributed by atoms with Crippen molar-refractivity contribution in [1.29, 1.82) is 0 Å². The lowest BCUT2D eigenvalue weighted by Crippen LogP contribution is -3.00. The van der Waals surface area contributed by atoms with Crippen LogP contribution in [0.15, 0.2) is 46.9 Å². The van der Waals surface area contributed by atoms with Gasteiger partial charge in [0.05, 0.1) is 0 Å². The van der Waals surface area contributed by atoms with Gasteiger partial charge in [-0.25, -0.2) is 4.79 Å². The number of rotatable bonds is 6. The molecule has 0 bridgehead atoms. The summed E-state index contributed by atoms with van der Waals surface area (Å²) in [5.41, 5.74) is 4.10. The first kappa shape index (κ1) is 21.3. The van der Waals surface area contributed by atoms with E-state index in [4.69, 9.17) is 0 Å². The molecule has 0 atom stereocenters. The van der Waals surface area contributed by atoms with Crippen LogP contribution in [-0.2, 0) is 6.54 Å². The van der Waals surface area contributed by atoms with Gasteiger partial charge in [-0.05, 0) is 56.2 Å². The number of nitrogens with one attached hydrogen (secondary N) is 2. The third kappa shape index (κ3) is 5.94. The highest BCUT2D eigenvalue weighted by Crippen LogP contribution is 2.22. The smallest absolute Gasteiger partial charge is 0.319 e. The molecule has 2 N–H and O–H groups in total. The summed E-state index contributed by atoms with van der Waals surface area (Å²) in [4.78, 5) is 14.4. The van der Waals surface area contributed by atoms with E-state index in [9.17, 15) is 4.79 Å². The lowest BCUT2D eigenvalue weighted by atomic mass is 10.1. The number of carbonyl (C=O) groups excluding carboxylic acids is 1. The summed E-state index contributed by atoms with van der Waals surface area (Å²) in [6, 6.07) is 13.8. The summed E-state index contributed by atoms with van der Waals surface area (Å²) in [6.07, 6.45) is 0. The third-order valence-corrected chi connectivity index (χ3v) is 4.76. The first-order valence-corrected chi connectivity index (χ1v) is 8.98. The molecule has 136 valence electrons. The van der Waals surface area contributed by atoms with Gasteiger partial charge in [-0.2, -0.15) is 0 Å². The maximum atomic E-state index is 12.1. The Balaban J connectivity index is 0.00000312. The zero-order chi connectivity index (χ0) is 17.5. The molecule has 0 aliphatic carbocycles. The SMILES string of the molecule is CCN(CC)c1ccc(NC(=O)NCc2ccccc2Br)c(C)c1.[Cl-]. The van der Waals surface area contributed by atoms with E-state index in [0.29, 0.717) is 6.54 Å². The molecule has 2 amide bonds. The number of halogens is 2. The predicted molar refractivity (Wildman–Crippen MR) is 105 cm³/mol. The highest BCUT2D eigenvalue weighted by molar-refractivity contribution is 9.10. The number of carbonyl (C=O) groups is 1. The van der Waals surface area contributed by atoms with Crippen molar-refractivity contribution in [3.05, 3.63) is 58.1 Å². The van der Waals surface area contributed by atoms with Crippen molar-refractivity contribution in [2.75, 3.05) is 23.3 Å². The van der Waals surface area contributed by atoms with E-state index in [1.165, 1.54) is 5.69 Å². The van der Waals surface area contributed by atoms with Crippen LogP contribution >= 0.6 is 15.9 Å². The lowest BCUT2D eigenvalue weighted by molar-refractivity contribution is -0.00000798. The summed E-state index contributed by atoms with van der Waals surface area (Å²) in [6.45, 7) is 8.70. The normalized spacial score (nSPS) is 9.92. The summed E-state index contributed by atoms with van der Waals surface area (Å²) in [5.74, 6) is 0. The predicted octanol–water partition coefficient (Wildman–Crippen LogP) is 1.93. The van der Waals surface area contributed by atoms with Crippen molar-refractivity contribution in [3.8, 4) is 0 Å². The Morgan fingerprint density at radius 3 is 2.40 bits per heavy atom. The van der Waals surface area contributed by atoms with Gasteiger partial charge in [0.25, 0.3) is 0 Å². The van der Waals surface area contributed by atoms with Crippen molar-refractivity contribution >= 4 is 33.3 Å². The summed E-state index contributed by atoms with van der Waals surface area (Å²) in [7, 11) is 0. The monoisotopic (exact) mass is 424 g/mol. The highest BCUT2D eigenvalue weighted by atomic mass is 79.9. The third-order valence-electron chi connectivity index (χ3n) is 3.98. The molecule has 4 nitrogen and oxygen atoms in total. The average molecular weight is 426 g/mol. The van der Waals surface area contributed by atoms with Crippen LogP contribution in [0.4, 0.5) is 16.2 Å². The van der Waals surface area contributed by atoms with Crippen molar-refractivity contribution < 1.29 is 17.2 Å². The Morgan fingerprint density at radius 1 is 1.12 bits per heavy atom. The van der Waals surface area contributed by atoms with Gasteiger partial charge in [-0.3, -0.25) is 0 Å². The minimum absolute atomic E-state index is 0. The molecular weight excluding hydrogens is 402 g/mol. The maximum absolute atomic E-state index is 12.1. The number of urea groups is 1. The van der Waals surface area contributed by atoms with Crippen molar-refractivity contribution in [1.82, 2.24) is 5.32 Å². The first-order chi connectivity index (χ1) is 11.5. The van der Waals surface area contributed by atoms with E-state index in [1.807, 2.05) is 43.3 Å². The molecular formula is C19H24BrClN3O-. The topological polar surface area (TPSA) is 44.4 Å². The Hall–Kier alpha value is -1.72. The second kappa shape index (κ2) is 10.3. The number of hydrogen-bond acceptors (Lipinski definition) is 2. The Labute approximate surface area is 164 Å². The fourth-order valence-electron chi connectivity index (χ4n) is 2.56. The summed E-state index contributed by atoms with van der Waals surface area (Å²) in [5, 5.41) is 5.80. The molecule has 0 aliphatic rings. The van der Waals surface area contributed by atoms with Gasteiger partial charge in [-0.1, -0.05) is 34.1 Å². The quantitative estimate of drug-likeness (QED) is 0.743. The Kier molecular flexibility index (Phi) is 8.79. The molecule has 0 spiro atoms. The number of nitrogens with zero attached hydrogens (tertiary/aromatic N) is 1. The number of anilines is 2. The minimum Gasteiger partial charge on any atom is -1.00 e. The second-order valence-corrected chi connectivity index (χ2v) is 6.42. The molecule has 25 heavy (non-hydrogen) atoms. The number of benzene rings is 2. The largest absolute Gasteiger partial charge is 1.00 e. The lowest BCUT2D eigenvalue weighted by Gasteiger charge is -2.22. The molecule has 2 aromatic rings. The van der Waals surface area contributed by atoms with E-state index < -0.39 is 0 Å². The van der Waals surface area contributed by atoms with E-state index in [-0.39, 0.29) is 18.4 Å². The van der Waals surface area contributed by atoms with Gasteiger partial charge >= 0.3 is 6.03 Å². The molecule has 0 aliphatic heterocycles. The van der Waals surface area contributed by atoms with Gasteiger partial charge in [0.15, 0.2) is 0 Å². The van der Waals surface area contributed by atoms with Crippen LogP contribution in [0.25, 0.3) is 0 Å². The van der Waals surface area contributed by atoms with Crippen molar-refractivity contribution in [2.24, 2.45) is 0 Å². The second-order valence-electron chi connectivity index (χ2n) is 5.57. The zero-order valence-corrected chi connectivity index (χ0v) is 17.1. The molecule has 2 aromatic carbocycles.